The molecule has 0 aliphatic heterocycles. The second kappa shape index (κ2) is 9.72. The summed E-state index contributed by atoms with van der Waals surface area (Å²) in [5, 5.41) is 3.46. The molecule has 0 heterocycles. The number of nitrogens with two attached hydrogens (primary N) is 1. The number of halogens is 2. The minimum atomic E-state index is -0.793. The molecule has 6 nitrogen and oxygen atoms in total. The van der Waals surface area contributed by atoms with Crippen molar-refractivity contribution in [2.24, 2.45) is 5.73 Å². The Morgan fingerprint density at radius 1 is 1.39 bits per heavy atom. The molecule has 2 amide bonds. The van der Waals surface area contributed by atoms with E-state index < -0.39 is 6.04 Å². The molecule has 0 aromatic heterocycles. The van der Waals surface area contributed by atoms with Gasteiger partial charge in [-0.05, 0) is 24.6 Å². The Bertz CT molecular complexity index is 555. The fraction of sp³-hybridized carbons (Fsp3) is 0.467. The number of nitrogens with one attached hydrogen (secondary N) is 1. The van der Waals surface area contributed by atoms with Gasteiger partial charge in [0.15, 0.2) is 0 Å². The molecule has 0 aliphatic carbocycles. The van der Waals surface area contributed by atoms with E-state index in [1.807, 2.05) is 6.92 Å². The van der Waals surface area contributed by atoms with Crippen LogP contribution in [0.2, 0.25) is 10.0 Å². The fourth-order valence-electron chi connectivity index (χ4n) is 1.98. The van der Waals surface area contributed by atoms with E-state index >= 15 is 0 Å². The van der Waals surface area contributed by atoms with E-state index in [0.717, 1.165) is 0 Å². The van der Waals surface area contributed by atoms with Gasteiger partial charge in [-0.2, -0.15) is 0 Å². The van der Waals surface area contributed by atoms with Crippen LogP contribution in [0.4, 0.5) is 5.69 Å². The van der Waals surface area contributed by atoms with Gasteiger partial charge in [0.05, 0.1) is 23.9 Å². The summed E-state index contributed by atoms with van der Waals surface area (Å²) >= 11 is 11.8. The molecule has 23 heavy (non-hydrogen) atoms. The first-order chi connectivity index (χ1) is 10.9. The summed E-state index contributed by atoms with van der Waals surface area (Å²) in [6.45, 7) is 2.33. The van der Waals surface area contributed by atoms with Crippen LogP contribution in [0.3, 0.4) is 0 Å². The van der Waals surface area contributed by atoms with Crippen molar-refractivity contribution in [3.05, 3.63) is 28.2 Å². The molecular weight excluding hydrogens is 341 g/mol. The zero-order valence-electron chi connectivity index (χ0n) is 13.1. The highest BCUT2D eigenvalue weighted by Crippen LogP contribution is 2.25. The minimum Gasteiger partial charge on any atom is -0.383 e. The Labute approximate surface area is 145 Å². The molecule has 0 bridgehead atoms. The first kappa shape index (κ1) is 19.7. The molecule has 3 N–H and O–H groups in total. The van der Waals surface area contributed by atoms with Crippen LogP contribution in [-0.2, 0) is 14.3 Å². The minimum absolute atomic E-state index is 0.101. The molecule has 0 spiro atoms. The molecule has 8 heteroatoms. The van der Waals surface area contributed by atoms with E-state index in [1.165, 1.54) is 18.1 Å². The van der Waals surface area contributed by atoms with Crippen LogP contribution in [0, 0.1) is 0 Å². The fourth-order valence-corrected chi connectivity index (χ4v) is 2.43. The van der Waals surface area contributed by atoms with Crippen LogP contribution in [-0.4, -0.2) is 49.6 Å². The number of rotatable bonds is 8. The average molecular weight is 362 g/mol. The van der Waals surface area contributed by atoms with Crippen LogP contribution in [0.1, 0.15) is 13.3 Å². The van der Waals surface area contributed by atoms with Crippen molar-refractivity contribution >= 4 is 40.7 Å². The Balaban J connectivity index is 2.72. The van der Waals surface area contributed by atoms with E-state index in [-0.39, 0.29) is 25.0 Å². The maximum atomic E-state index is 12.2. The first-order valence-corrected chi connectivity index (χ1v) is 7.92. The van der Waals surface area contributed by atoms with E-state index in [2.05, 4.69) is 5.32 Å². The van der Waals surface area contributed by atoms with Gasteiger partial charge in [0.25, 0.3) is 0 Å². The maximum absolute atomic E-state index is 12.2. The van der Waals surface area contributed by atoms with E-state index in [4.69, 9.17) is 33.7 Å². The van der Waals surface area contributed by atoms with Gasteiger partial charge < -0.3 is 20.7 Å². The van der Waals surface area contributed by atoms with Gasteiger partial charge >= 0.3 is 0 Å². The number of carbonyl (C=O) groups is 2. The molecule has 1 rings (SSSR count). The molecular formula is C15H21Cl2N3O3. The molecule has 1 unspecified atom stereocenters. The number of hydrogen-bond acceptors (Lipinski definition) is 4. The van der Waals surface area contributed by atoms with Crippen LogP contribution in [0.5, 0.6) is 0 Å². The standard InChI is InChI=1S/C15H21Cl2N3O3/c1-3-6-20(15(22)12(18)9-23-2)8-14(21)19-13-5-4-10(16)7-11(13)17/h4-5,7,12H,3,6,8-9,18H2,1-2H3,(H,19,21). The van der Waals surface area contributed by atoms with E-state index in [9.17, 15) is 9.59 Å². The third kappa shape index (κ3) is 6.35. The predicted molar refractivity (Wildman–Crippen MR) is 91.8 cm³/mol. The second-order valence-electron chi connectivity index (χ2n) is 4.99. The van der Waals surface area contributed by atoms with Gasteiger partial charge in [-0.1, -0.05) is 30.1 Å². The van der Waals surface area contributed by atoms with Crippen molar-refractivity contribution in [2.75, 3.05) is 32.1 Å². The molecule has 0 saturated carbocycles. The summed E-state index contributed by atoms with van der Waals surface area (Å²) < 4.78 is 4.88. The monoisotopic (exact) mass is 361 g/mol. The lowest BCUT2D eigenvalue weighted by Gasteiger charge is -2.24. The van der Waals surface area contributed by atoms with Gasteiger partial charge in [0.1, 0.15) is 6.04 Å². The number of hydrogen-bond donors (Lipinski definition) is 2. The van der Waals surface area contributed by atoms with Crippen LogP contribution >= 0.6 is 23.2 Å². The summed E-state index contributed by atoms with van der Waals surface area (Å²) in [6.07, 6.45) is 0.709. The summed E-state index contributed by atoms with van der Waals surface area (Å²) in [7, 11) is 1.46. The number of benzene rings is 1. The molecule has 1 aromatic carbocycles. The third-order valence-electron chi connectivity index (χ3n) is 3.01. The summed E-state index contributed by atoms with van der Waals surface area (Å²) in [5.74, 6) is -0.688. The Morgan fingerprint density at radius 3 is 2.65 bits per heavy atom. The lowest BCUT2D eigenvalue weighted by Crippen LogP contribution is -2.48. The molecule has 1 atom stereocenters. The molecule has 0 aliphatic rings. The maximum Gasteiger partial charge on any atom is 0.244 e. The summed E-state index contributed by atoms with van der Waals surface area (Å²) in [5.41, 5.74) is 6.18. The van der Waals surface area contributed by atoms with Crippen molar-refractivity contribution in [3.63, 3.8) is 0 Å². The predicted octanol–water partition coefficient (Wildman–Crippen LogP) is 2.14. The van der Waals surface area contributed by atoms with E-state index in [0.29, 0.717) is 28.7 Å². The number of amides is 2. The van der Waals surface area contributed by atoms with Crippen molar-refractivity contribution in [3.8, 4) is 0 Å². The largest absolute Gasteiger partial charge is 0.383 e. The highest BCUT2D eigenvalue weighted by molar-refractivity contribution is 6.36. The first-order valence-electron chi connectivity index (χ1n) is 7.17. The van der Waals surface area contributed by atoms with E-state index in [1.54, 1.807) is 12.1 Å². The summed E-state index contributed by atoms with van der Waals surface area (Å²) in [4.78, 5) is 25.8. The number of methoxy groups -OCH3 is 1. The van der Waals surface area contributed by atoms with Gasteiger partial charge in [0.2, 0.25) is 11.8 Å². The Hall–Kier alpha value is -1.34. The highest BCUT2D eigenvalue weighted by Gasteiger charge is 2.22. The zero-order chi connectivity index (χ0) is 17.4. The Kier molecular flexibility index (Phi) is 8.33. The number of carbonyl (C=O) groups excluding carboxylic acids is 2. The summed E-state index contributed by atoms with van der Waals surface area (Å²) in [6, 6.07) is 3.96. The molecule has 0 saturated heterocycles. The topological polar surface area (TPSA) is 84.7 Å². The van der Waals surface area contributed by atoms with Gasteiger partial charge in [-0.3, -0.25) is 9.59 Å². The van der Waals surface area contributed by atoms with Gasteiger partial charge in [-0.15, -0.1) is 0 Å². The van der Waals surface area contributed by atoms with Crippen LogP contribution in [0.25, 0.3) is 0 Å². The molecule has 128 valence electrons. The lowest BCUT2D eigenvalue weighted by molar-refractivity contribution is -0.136. The SMILES string of the molecule is CCCN(CC(=O)Nc1ccc(Cl)cc1Cl)C(=O)C(N)COC. The van der Waals surface area contributed by atoms with Crippen molar-refractivity contribution in [1.29, 1.82) is 0 Å². The third-order valence-corrected chi connectivity index (χ3v) is 3.56. The average Bonchev–Trinajstić information content (AvgIpc) is 2.49. The van der Waals surface area contributed by atoms with Crippen LogP contribution in [0.15, 0.2) is 18.2 Å². The molecule has 0 radical (unpaired) electrons. The van der Waals surface area contributed by atoms with Gasteiger partial charge in [-0.25, -0.2) is 0 Å². The zero-order valence-corrected chi connectivity index (χ0v) is 14.7. The number of nitrogens with zero attached hydrogens (tertiary/aromatic N) is 1. The molecule has 1 aromatic rings. The van der Waals surface area contributed by atoms with Crippen molar-refractivity contribution in [2.45, 2.75) is 19.4 Å². The quantitative estimate of drug-likeness (QED) is 0.742. The normalized spacial score (nSPS) is 11.9. The number of anilines is 1. The lowest BCUT2D eigenvalue weighted by atomic mass is 10.2. The number of ether oxygens (including phenoxy) is 1. The van der Waals surface area contributed by atoms with Crippen LogP contribution < -0.4 is 11.1 Å². The van der Waals surface area contributed by atoms with Crippen molar-refractivity contribution in [1.82, 2.24) is 4.90 Å². The highest BCUT2D eigenvalue weighted by atomic mass is 35.5. The molecule has 0 fully saturated rings. The second-order valence-corrected chi connectivity index (χ2v) is 5.84. The van der Waals surface area contributed by atoms with Gasteiger partial charge in [0, 0.05) is 18.7 Å². The smallest absolute Gasteiger partial charge is 0.244 e. The van der Waals surface area contributed by atoms with Crippen molar-refractivity contribution < 1.29 is 14.3 Å². The Morgan fingerprint density at radius 2 is 2.09 bits per heavy atom.